The maximum atomic E-state index is 11.5. The Morgan fingerprint density at radius 2 is 1.76 bits per heavy atom. The van der Waals surface area contributed by atoms with Crippen LogP contribution in [0.2, 0.25) is 0 Å². The van der Waals surface area contributed by atoms with E-state index in [9.17, 15) is 19.2 Å². The normalized spacial score (nSPS) is 13.9. The van der Waals surface area contributed by atoms with Crippen molar-refractivity contribution in [2.45, 2.75) is 0 Å². The van der Waals surface area contributed by atoms with Crippen molar-refractivity contribution in [1.29, 1.82) is 0 Å². The van der Waals surface area contributed by atoms with Gasteiger partial charge < -0.3 is 0 Å². The van der Waals surface area contributed by atoms with E-state index in [0.717, 1.165) is 0 Å². The Hall–Kier alpha value is -2.77. The number of imide groups is 1. The third kappa shape index (κ3) is 1.20. The Labute approximate surface area is 91.7 Å². The van der Waals surface area contributed by atoms with Crippen LogP contribution in [-0.4, -0.2) is 26.8 Å². The van der Waals surface area contributed by atoms with Crippen molar-refractivity contribution < 1.29 is 9.59 Å². The van der Waals surface area contributed by atoms with Crippen LogP contribution in [0, 0.1) is 0 Å². The van der Waals surface area contributed by atoms with Gasteiger partial charge in [-0.3, -0.25) is 29.7 Å². The van der Waals surface area contributed by atoms with E-state index in [1.54, 1.807) is 0 Å². The second kappa shape index (κ2) is 2.88. The van der Waals surface area contributed by atoms with Gasteiger partial charge >= 0.3 is 5.69 Å². The molecule has 1 aliphatic rings. The number of fused-ring (bicyclic) bond motifs is 2. The third-order valence-corrected chi connectivity index (χ3v) is 2.41. The molecule has 17 heavy (non-hydrogen) atoms. The Kier molecular flexibility index (Phi) is 1.60. The van der Waals surface area contributed by atoms with E-state index in [-0.39, 0.29) is 22.3 Å². The van der Waals surface area contributed by atoms with E-state index in [2.05, 4.69) is 9.97 Å². The predicted octanol–water partition coefficient (Wildman–Crippen LogP) is -1.50. The summed E-state index contributed by atoms with van der Waals surface area (Å²) in [7, 11) is 0. The molecular formula is C9H4N4O4. The lowest BCUT2D eigenvalue weighted by molar-refractivity contribution is 0.0878. The van der Waals surface area contributed by atoms with E-state index in [0.29, 0.717) is 0 Å². The zero-order valence-corrected chi connectivity index (χ0v) is 8.16. The minimum Gasteiger partial charge on any atom is -0.291 e. The van der Waals surface area contributed by atoms with Crippen LogP contribution < -0.4 is 16.6 Å². The van der Waals surface area contributed by atoms with Crippen LogP contribution in [0.3, 0.4) is 0 Å². The molecule has 84 valence electrons. The van der Waals surface area contributed by atoms with Crippen molar-refractivity contribution in [2.75, 3.05) is 0 Å². The highest BCUT2D eigenvalue weighted by atomic mass is 16.2. The second-order valence-corrected chi connectivity index (χ2v) is 3.47. The average molecular weight is 232 g/mol. The number of hydrogen-bond donors (Lipinski definition) is 3. The molecule has 3 rings (SSSR count). The van der Waals surface area contributed by atoms with Crippen molar-refractivity contribution >= 4 is 22.8 Å². The molecule has 0 aliphatic carbocycles. The van der Waals surface area contributed by atoms with Crippen LogP contribution >= 0.6 is 0 Å². The molecule has 0 fully saturated rings. The summed E-state index contributed by atoms with van der Waals surface area (Å²) >= 11 is 0. The lowest BCUT2D eigenvalue weighted by atomic mass is 10.2. The van der Waals surface area contributed by atoms with E-state index in [1.807, 2.05) is 10.3 Å². The fourth-order valence-corrected chi connectivity index (χ4v) is 1.67. The first-order valence-corrected chi connectivity index (χ1v) is 4.59. The molecule has 0 atom stereocenters. The Morgan fingerprint density at radius 1 is 1.00 bits per heavy atom. The van der Waals surface area contributed by atoms with Crippen LogP contribution in [0.1, 0.15) is 20.8 Å². The Bertz CT molecular complexity index is 801. The summed E-state index contributed by atoms with van der Waals surface area (Å²) in [6, 6.07) is 1.23. The lowest BCUT2D eigenvalue weighted by Gasteiger charge is -1.97. The number of carbonyl (C=O) groups excluding carboxylic acids is 2. The standard InChI is InChI=1S/C9H4N4O4/c14-6-2-1-3-5(10-4(2)8(16)12-6)11-9(17)13-7(3)15/h1H,(H,12,14,16)(H2,10,11,13,15,17). The van der Waals surface area contributed by atoms with Gasteiger partial charge in [0.15, 0.2) is 0 Å². The predicted molar refractivity (Wildman–Crippen MR) is 54.8 cm³/mol. The number of carbonyl (C=O) groups is 2. The highest BCUT2D eigenvalue weighted by Gasteiger charge is 2.29. The summed E-state index contributed by atoms with van der Waals surface area (Å²) in [5.74, 6) is -1.25. The molecule has 3 heterocycles. The van der Waals surface area contributed by atoms with Crippen LogP contribution in [0.5, 0.6) is 0 Å². The molecule has 0 radical (unpaired) electrons. The zero-order chi connectivity index (χ0) is 12.2. The number of aromatic nitrogens is 3. The number of aromatic amines is 2. The van der Waals surface area contributed by atoms with Crippen molar-refractivity contribution in [3.05, 3.63) is 38.2 Å². The summed E-state index contributed by atoms with van der Waals surface area (Å²) < 4.78 is 0. The van der Waals surface area contributed by atoms with Gasteiger partial charge in [0.1, 0.15) is 11.3 Å². The number of amides is 2. The number of H-pyrrole nitrogens is 2. The van der Waals surface area contributed by atoms with Crippen molar-refractivity contribution in [3.8, 4) is 0 Å². The van der Waals surface area contributed by atoms with Gasteiger partial charge in [0.05, 0.1) is 10.9 Å². The molecule has 2 aromatic heterocycles. The molecule has 8 nitrogen and oxygen atoms in total. The molecule has 0 saturated carbocycles. The molecule has 2 aromatic rings. The molecule has 0 unspecified atom stereocenters. The number of nitrogens with zero attached hydrogens (tertiary/aromatic N) is 1. The monoisotopic (exact) mass is 232 g/mol. The molecule has 8 heteroatoms. The summed E-state index contributed by atoms with van der Waals surface area (Å²) in [5, 5.41) is 2.10. The second-order valence-electron chi connectivity index (χ2n) is 3.47. The minimum atomic E-state index is -0.723. The number of nitrogens with one attached hydrogen (secondary N) is 3. The smallest absolute Gasteiger partial charge is 0.291 e. The molecule has 0 aromatic carbocycles. The molecule has 0 bridgehead atoms. The first-order chi connectivity index (χ1) is 8.06. The fourth-order valence-electron chi connectivity index (χ4n) is 1.67. The first-order valence-electron chi connectivity index (χ1n) is 4.59. The van der Waals surface area contributed by atoms with Gasteiger partial charge in [-0.25, -0.2) is 9.78 Å². The molecule has 0 saturated heterocycles. The third-order valence-electron chi connectivity index (χ3n) is 2.41. The summed E-state index contributed by atoms with van der Waals surface area (Å²) in [5.41, 5.74) is -1.47. The van der Waals surface area contributed by atoms with Crippen LogP contribution in [-0.2, 0) is 0 Å². The quantitative estimate of drug-likeness (QED) is 0.476. The first kappa shape index (κ1) is 9.46. The van der Waals surface area contributed by atoms with Crippen LogP contribution in [0.4, 0.5) is 0 Å². The van der Waals surface area contributed by atoms with Crippen molar-refractivity contribution in [2.24, 2.45) is 0 Å². The maximum absolute atomic E-state index is 11.5. The molecular weight excluding hydrogens is 228 g/mol. The topological polar surface area (TPSA) is 125 Å². The van der Waals surface area contributed by atoms with E-state index in [1.165, 1.54) is 6.07 Å². The maximum Gasteiger partial charge on any atom is 0.327 e. The van der Waals surface area contributed by atoms with E-state index >= 15 is 0 Å². The highest BCUT2D eigenvalue weighted by Crippen LogP contribution is 2.16. The van der Waals surface area contributed by atoms with Gasteiger partial charge in [-0.15, -0.1) is 0 Å². The van der Waals surface area contributed by atoms with E-state index < -0.39 is 23.1 Å². The average Bonchev–Trinajstić information content (AvgIpc) is 2.52. The lowest BCUT2D eigenvalue weighted by Crippen LogP contribution is -2.23. The summed E-state index contributed by atoms with van der Waals surface area (Å²) in [6.45, 7) is 0. The highest BCUT2D eigenvalue weighted by molar-refractivity contribution is 6.21. The van der Waals surface area contributed by atoms with Gasteiger partial charge in [-0.05, 0) is 6.07 Å². The van der Waals surface area contributed by atoms with Gasteiger partial charge in [0.25, 0.3) is 17.4 Å². The SMILES string of the molecule is O=C1NC(=O)c2nc3[nH]c(=O)[nH]c(=O)c3cc21. The number of rotatable bonds is 0. The molecule has 0 spiro atoms. The van der Waals surface area contributed by atoms with Crippen molar-refractivity contribution in [1.82, 2.24) is 20.3 Å². The number of pyridine rings is 1. The Morgan fingerprint density at radius 3 is 2.53 bits per heavy atom. The minimum absolute atomic E-state index is 0.0256. The summed E-state index contributed by atoms with van der Waals surface area (Å²) in [4.78, 5) is 53.2. The molecule has 2 amide bonds. The van der Waals surface area contributed by atoms with Gasteiger partial charge in [0, 0.05) is 0 Å². The Balaban J connectivity index is 2.51. The van der Waals surface area contributed by atoms with Crippen LogP contribution in [0.25, 0.3) is 11.0 Å². The number of hydrogen-bond acceptors (Lipinski definition) is 5. The molecule has 1 aliphatic heterocycles. The zero-order valence-electron chi connectivity index (χ0n) is 8.16. The molecule has 3 N–H and O–H groups in total. The van der Waals surface area contributed by atoms with Gasteiger partial charge in [-0.2, -0.15) is 0 Å². The summed E-state index contributed by atoms with van der Waals surface area (Å²) in [6.07, 6.45) is 0. The van der Waals surface area contributed by atoms with Gasteiger partial charge in [0.2, 0.25) is 0 Å². The van der Waals surface area contributed by atoms with Crippen LogP contribution in [0.15, 0.2) is 15.7 Å². The van der Waals surface area contributed by atoms with Gasteiger partial charge in [-0.1, -0.05) is 0 Å². The van der Waals surface area contributed by atoms with Crippen molar-refractivity contribution in [3.63, 3.8) is 0 Å². The fraction of sp³-hybridized carbons (Fsp3) is 0. The largest absolute Gasteiger partial charge is 0.327 e. The van der Waals surface area contributed by atoms with E-state index in [4.69, 9.17) is 0 Å².